The largest absolute Gasteiger partial charge is 0.366 e. The SMILES string of the molecule is CC(C)S(=O)(=O)Nc1c(C(N)=O)cccc1-c1ccc(-c2[c]cccc2)cc1. The molecule has 1 radical (unpaired) electrons. The molecule has 0 unspecified atom stereocenters. The van der Waals surface area contributed by atoms with Crippen molar-refractivity contribution in [3.8, 4) is 22.3 Å². The smallest absolute Gasteiger partial charge is 0.250 e. The summed E-state index contributed by atoms with van der Waals surface area (Å²) >= 11 is 0. The molecule has 143 valence electrons. The number of anilines is 1. The van der Waals surface area contributed by atoms with Crippen LogP contribution in [0.4, 0.5) is 5.69 Å². The first kappa shape index (κ1) is 19.6. The normalized spacial score (nSPS) is 11.4. The molecule has 1 amide bonds. The minimum absolute atomic E-state index is 0.127. The van der Waals surface area contributed by atoms with Crippen LogP contribution in [-0.4, -0.2) is 19.6 Å². The number of sulfonamides is 1. The third-order valence-corrected chi connectivity index (χ3v) is 6.14. The van der Waals surface area contributed by atoms with Gasteiger partial charge >= 0.3 is 0 Å². The van der Waals surface area contributed by atoms with Crippen molar-refractivity contribution in [2.75, 3.05) is 4.72 Å². The lowest BCUT2D eigenvalue weighted by molar-refractivity contribution is 0.100. The summed E-state index contributed by atoms with van der Waals surface area (Å²) in [5.74, 6) is -0.696. The minimum Gasteiger partial charge on any atom is -0.366 e. The van der Waals surface area contributed by atoms with Gasteiger partial charge in [0, 0.05) is 5.56 Å². The average Bonchev–Trinajstić information content (AvgIpc) is 2.68. The Kier molecular flexibility index (Phi) is 5.51. The van der Waals surface area contributed by atoms with Crippen LogP contribution >= 0.6 is 0 Å². The molecule has 0 fully saturated rings. The first-order valence-corrected chi connectivity index (χ1v) is 10.4. The highest BCUT2D eigenvalue weighted by molar-refractivity contribution is 7.93. The van der Waals surface area contributed by atoms with Crippen LogP contribution in [0.25, 0.3) is 22.3 Å². The number of carbonyl (C=O) groups excluding carboxylic acids is 1. The van der Waals surface area contributed by atoms with E-state index < -0.39 is 21.2 Å². The summed E-state index contributed by atoms with van der Waals surface area (Å²) < 4.78 is 27.4. The van der Waals surface area contributed by atoms with Crippen LogP contribution in [0.2, 0.25) is 0 Å². The van der Waals surface area contributed by atoms with Gasteiger partial charge in [-0.1, -0.05) is 60.7 Å². The van der Waals surface area contributed by atoms with E-state index in [4.69, 9.17) is 5.73 Å². The topological polar surface area (TPSA) is 89.3 Å². The first-order chi connectivity index (χ1) is 13.3. The minimum atomic E-state index is -3.65. The van der Waals surface area contributed by atoms with E-state index in [0.717, 1.165) is 16.7 Å². The zero-order chi connectivity index (χ0) is 20.3. The van der Waals surface area contributed by atoms with Crippen LogP contribution in [0, 0.1) is 6.07 Å². The Balaban J connectivity index is 2.09. The maximum Gasteiger partial charge on any atom is 0.250 e. The van der Waals surface area contributed by atoms with Crippen molar-refractivity contribution in [1.29, 1.82) is 0 Å². The van der Waals surface area contributed by atoms with Gasteiger partial charge in [0.15, 0.2) is 0 Å². The highest BCUT2D eigenvalue weighted by Gasteiger charge is 2.22. The summed E-state index contributed by atoms with van der Waals surface area (Å²) in [4.78, 5) is 11.9. The van der Waals surface area contributed by atoms with Gasteiger partial charge in [0.2, 0.25) is 10.0 Å². The summed E-state index contributed by atoms with van der Waals surface area (Å²) in [5.41, 5.74) is 9.10. The van der Waals surface area contributed by atoms with Crippen LogP contribution in [-0.2, 0) is 10.0 Å². The zero-order valence-electron chi connectivity index (χ0n) is 15.6. The van der Waals surface area contributed by atoms with Crippen molar-refractivity contribution in [2.24, 2.45) is 5.73 Å². The van der Waals surface area contributed by atoms with Crippen molar-refractivity contribution < 1.29 is 13.2 Å². The standard InChI is InChI=1S/C22H21N2O3S/c1-15(2)28(26,27)24-21-19(9-6-10-20(21)22(23)25)18-13-11-17(12-14-18)16-7-4-3-5-8-16/h3-7,9-15,24H,1-2H3,(H2,23,25). The van der Waals surface area contributed by atoms with Crippen LogP contribution in [0.3, 0.4) is 0 Å². The van der Waals surface area contributed by atoms with Crippen LogP contribution in [0.5, 0.6) is 0 Å². The number of para-hydroxylation sites is 1. The zero-order valence-corrected chi connectivity index (χ0v) is 16.5. The molecule has 0 aromatic heterocycles. The molecule has 3 aromatic rings. The van der Waals surface area contributed by atoms with Gasteiger partial charge in [0.25, 0.3) is 5.91 Å². The average molecular weight is 393 g/mol. The van der Waals surface area contributed by atoms with Gasteiger partial charge in [-0.05, 0) is 42.7 Å². The molecule has 0 spiro atoms. The van der Waals surface area contributed by atoms with E-state index in [-0.39, 0.29) is 11.3 Å². The summed E-state index contributed by atoms with van der Waals surface area (Å²) in [6, 6.07) is 23.4. The third-order valence-electron chi connectivity index (χ3n) is 4.41. The Bertz CT molecular complexity index is 1090. The van der Waals surface area contributed by atoms with E-state index in [2.05, 4.69) is 10.8 Å². The van der Waals surface area contributed by atoms with E-state index in [1.54, 1.807) is 26.0 Å². The Morgan fingerprint density at radius 3 is 2.21 bits per heavy atom. The number of carbonyl (C=O) groups is 1. The molecule has 0 saturated carbocycles. The molecule has 3 N–H and O–H groups in total. The molecule has 6 heteroatoms. The molecule has 0 aliphatic heterocycles. The van der Waals surface area contributed by atoms with E-state index in [9.17, 15) is 13.2 Å². The van der Waals surface area contributed by atoms with Gasteiger partial charge in [-0.2, -0.15) is 0 Å². The molecule has 0 atom stereocenters. The first-order valence-electron chi connectivity index (χ1n) is 8.81. The molecule has 0 aliphatic rings. The third kappa shape index (κ3) is 4.07. The van der Waals surface area contributed by atoms with E-state index >= 15 is 0 Å². The van der Waals surface area contributed by atoms with Crippen molar-refractivity contribution in [1.82, 2.24) is 0 Å². The Labute approximate surface area is 165 Å². The maximum absolute atomic E-state index is 12.4. The molecule has 5 nitrogen and oxygen atoms in total. The second kappa shape index (κ2) is 7.86. The molecule has 0 aliphatic carbocycles. The Morgan fingerprint density at radius 2 is 1.64 bits per heavy atom. The highest BCUT2D eigenvalue weighted by Crippen LogP contribution is 2.33. The lowest BCUT2D eigenvalue weighted by Crippen LogP contribution is -2.25. The van der Waals surface area contributed by atoms with Gasteiger partial charge in [0.1, 0.15) is 0 Å². The second-order valence-corrected chi connectivity index (χ2v) is 8.88. The van der Waals surface area contributed by atoms with Gasteiger partial charge < -0.3 is 5.73 Å². The molecule has 0 saturated heterocycles. The summed E-state index contributed by atoms with van der Waals surface area (Å²) in [7, 11) is -3.65. The number of nitrogens with two attached hydrogens (primary N) is 1. The number of amides is 1. The number of hydrogen-bond acceptors (Lipinski definition) is 3. The quantitative estimate of drug-likeness (QED) is 0.661. The van der Waals surface area contributed by atoms with E-state index in [1.807, 2.05) is 48.5 Å². The predicted molar refractivity (Wildman–Crippen MR) is 112 cm³/mol. The summed E-state index contributed by atoms with van der Waals surface area (Å²) in [6.45, 7) is 3.14. The lowest BCUT2D eigenvalue weighted by Gasteiger charge is -2.17. The number of hydrogen-bond donors (Lipinski definition) is 2. The molecule has 28 heavy (non-hydrogen) atoms. The summed E-state index contributed by atoms with van der Waals surface area (Å²) in [5, 5.41) is -0.655. The molecular formula is C22H21N2O3S. The fraction of sp³-hybridized carbons (Fsp3) is 0.136. The van der Waals surface area contributed by atoms with Crippen molar-refractivity contribution in [2.45, 2.75) is 19.1 Å². The molecular weight excluding hydrogens is 372 g/mol. The maximum atomic E-state index is 12.4. The monoisotopic (exact) mass is 393 g/mol. The molecule has 0 bridgehead atoms. The number of benzene rings is 3. The fourth-order valence-corrected chi connectivity index (χ4v) is 3.51. The Morgan fingerprint density at radius 1 is 0.964 bits per heavy atom. The van der Waals surface area contributed by atoms with Crippen molar-refractivity contribution >= 4 is 21.6 Å². The van der Waals surface area contributed by atoms with Crippen LogP contribution in [0.15, 0.2) is 66.7 Å². The Hall–Kier alpha value is -3.12. The van der Waals surface area contributed by atoms with Gasteiger partial charge in [-0.25, -0.2) is 8.42 Å². The second-order valence-electron chi connectivity index (χ2n) is 6.64. The molecule has 3 rings (SSSR count). The van der Waals surface area contributed by atoms with Crippen LogP contribution < -0.4 is 10.5 Å². The lowest BCUT2D eigenvalue weighted by atomic mass is 9.97. The number of rotatable bonds is 6. The van der Waals surface area contributed by atoms with Crippen LogP contribution in [0.1, 0.15) is 24.2 Å². The predicted octanol–water partition coefficient (Wildman–Crippen LogP) is 4.07. The van der Waals surface area contributed by atoms with Gasteiger partial charge in [-0.15, -0.1) is 0 Å². The van der Waals surface area contributed by atoms with Crippen molar-refractivity contribution in [3.63, 3.8) is 0 Å². The molecule has 3 aromatic carbocycles. The van der Waals surface area contributed by atoms with Gasteiger partial charge in [-0.3, -0.25) is 9.52 Å². The van der Waals surface area contributed by atoms with Gasteiger partial charge in [0.05, 0.1) is 16.5 Å². The van der Waals surface area contributed by atoms with Crippen molar-refractivity contribution in [3.05, 3.63) is 78.4 Å². The number of nitrogens with one attached hydrogen (secondary N) is 1. The van der Waals surface area contributed by atoms with E-state index in [0.29, 0.717) is 5.56 Å². The fourth-order valence-electron chi connectivity index (χ4n) is 2.77. The summed E-state index contributed by atoms with van der Waals surface area (Å²) in [6.07, 6.45) is 0. The van der Waals surface area contributed by atoms with E-state index in [1.165, 1.54) is 6.07 Å². The number of primary amides is 1. The highest BCUT2D eigenvalue weighted by atomic mass is 32.2. The molecule has 0 heterocycles.